The van der Waals surface area contributed by atoms with Crippen LogP contribution in [0.15, 0.2) is 30.3 Å². The number of carbonyl (C=O) groups is 1. The summed E-state index contributed by atoms with van der Waals surface area (Å²) in [5.41, 5.74) is 6.55. The largest absolute Gasteiger partial charge is 0.374 e. The lowest BCUT2D eigenvalue weighted by atomic mass is 10.1. The molecular weight excluding hydrogens is 236 g/mol. The van der Waals surface area contributed by atoms with Crippen LogP contribution in [0.5, 0.6) is 0 Å². The molecular formula is C11H12N4OS. The molecule has 0 aliphatic rings. The number of amides is 1. The number of benzene rings is 1. The van der Waals surface area contributed by atoms with E-state index in [4.69, 9.17) is 5.73 Å². The van der Waals surface area contributed by atoms with Crippen LogP contribution in [0.2, 0.25) is 0 Å². The minimum absolute atomic E-state index is 0.0787. The molecule has 1 amide bonds. The Bertz CT molecular complexity index is 497. The zero-order chi connectivity index (χ0) is 12.1. The fraction of sp³-hybridized carbons (Fsp3) is 0.182. The Kier molecular flexibility index (Phi) is 3.66. The van der Waals surface area contributed by atoms with Gasteiger partial charge in [0.25, 0.3) is 0 Å². The highest BCUT2D eigenvalue weighted by Crippen LogP contribution is 2.16. The van der Waals surface area contributed by atoms with Crippen molar-refractivity contribution in [3.8, 4) is 0 Å². The molecule has 0 fully saturated rings. The van der Waals surface area contributed by atoms with Crippen LogP contribution in [0, 0.1) is 0 Å². The molecule has 0 saturated carbocycles. The molecule has 0 atom stereocenters. The number of nitrogen functional groups attached to an aromatic ring is 1. The monoisotopic (exact) mass is 248 g/mol. The zero-order valence-electron chi connectivity index (χ0n) is 9.09. The van der Waals surface area contributed by atoms with Gasteiger partial charge in [-0.15, -0.1) is 10.2 Å². The van der Waals surface area contributed by atoms with E-state index in [0.29, 0.717) is 23.1 Å². The van der Waals surface area contributed by atoms with Crippen molar-refractivity contribution >= 4 is 27.5 Å². The number of aryl methyl sites for hydroxylation is 1. The topological polar surface area (TPSA) is 80.9 Å². The van der Waals surface area contributed by atoms with E-state index in [1.807, 2.05) is 30.3 Å². The van der Waals surface area contributed by atoms with Crippen LogP contribution in [-0.4, -0.2) is 16.1 Å². The zero-order valence-corrected chi connectivity index (χ0v) is 9.91. The molecule has 1 heterocycles. The Morgan fingerprint density at radius 3 is 2.71 bits per heavy atom. The van der Waals surface area contributed by atoms with E-state index in [2.05, 4.69) is 15.5 Å². The molecule has 0 aliphatic carbocycles. The second-order valence-corrected chi connectivity index (χ2v) is 4.49. The average Bonchev–Trinajstić information content (AvgIpc) is 2.73. The van der Waals surface area contributed by atoms with Gasteiger partial charge >= 0.3 is 0 Å². The van der Waals surface area contributed by atoms with Crippen LogP contribution in [0.3, 0.4) is 0 Å². The van der Waals surface area contributed by atoms with E-state index in [1.165, 1.54) is 0 Å². The number of nitrogens with one attached hydrogen (secondary N) is 1. The molecule has 17 heavy (non-hydrogen) atoms. The minimum atomic E-state index is -0.0787. The highest BCUT2D eigenvalue weighted by atomic mass is 32.1. The van der Waals surface area contributed by atoms with Gasteiger partial charge in [-0.1, -0.05) is 41.7 Å². The van der Waals surface area contributed by atoms with Gasteiger partial charge in [-0.25, -0.2) is 0 Å². The van der Waals surface area contributed by atoms with Gasteiger partial charge in [0.05, 0.1) is 0 Å². The Balaban J connectivity index is 1.82. The van der Waals surface area contributed by atoms with Gasteiger partial charge in [0.2, 0.25) is 16.2 Å². The van der Waals surface area contributed by atoms with Crippen LogP contribution >= 0.6 is 11.3 Å². The molecule has 88 valence electrons. The number of nitrogens with two attached hydrogens (primary N) is 1. The quantitative estimate of drug-likeness (QED) is 0.862. The van der Waals surface area contributed by atoms with Gasteiger partial charge in [-0.05, 0) is 12.0 Å². The molecule has 1 aromatic heterocycles. The maximum absolute atomic E-state index is 11.6. The first-order chi connectivity index (χ1) is 8.24. The van der Waals surface area contributed by atoms with E-state index < -0.39 is 0 Å². The van der Waals surface area contributed by atoms with Crippen molar-refractivity contribution in [2.75, 3.05) is 11.1 Å². The number of carbonyl (C=O) groups excluding carboxylic acids is 1. The van der Waals surface area contributed by atoms with Gasteiger partial charge in [0.1, 0.15) is 0 Å². The van der Waals surface area contributed by atoms with Gasteiger partial charge in [0.15, 0.2) is 0 Å². The van der Waals surface area contributed by atoms with E-state index in [9.17, 15) is 4.79 Å². The van der Waals surface area contributed by atoms with Crippen molar-refractivity contribution < 1.29 is 4.79 Å². The lowest BCUT2D eigenvalue weighted by Crippen LogP contribution is -2.12. The third-order valence-corrected chi connectivity index (χ3v) is 2.84. The number of hydrogen-bond donors (Lipinski definition) is 2. The van der Waals surface area contributed by atoms with Gasteiger partial charge in [0, 0.05) is 6.42 Å². The fourth-order valence-electron chi connectivity index (χ4n) is 1.37. The predicted molar refractivity (Wildman–Crippen MR) is 67.7 cm³/mol. The molecule has 2 rings (SSSR count). The number of aromatic nitrogens is 2. The van der Waals surface area contributed by atoms with Crippen LogP contribution in [-0.2, 0) is 11.2 Å². The van der Waals surface area contributed by atoms with Crippen LogP contribution in [0.1, 0.15) is 12.0 Å². The summed E-state index contributed by atoms with van der Waals surface area (Å²) in [5, 5.41) is 10.8. The summed E-state index contributed by atoms with van der Waals surface area (Å²) in [6, 6.07) is 9.86. The highest BCUT2D eigenvalue weighted by molar-refractivity contribution is 7.18. The van der Waals surface area contributed by atoms with E-state index >= 15 is 0 Å². The molecule has 6 heteroatoms. The molecule has 2 aromatic rings. The van der Waals surface area contributed by atoms with Crippen LogP contribution in [0.4, 0.5) is 10.3 Å². The van der Waals surface area contributed by atoms with Crippen molar-refractivity contribution in [3.05, 3.63) is 35.9 Å². The molecule has 0 saturated heterocycles. The molecule has 0 aliphatic heterocycles. The summed E-state index contributed by atoms with van der Waals surface area (Å²) in [5.74, 6) is -0.0787. The number of rotatable bonds is 4. The summed E-state index contributed by atoms with van der Waals surface area (Å²) >= 11 is 1.16. The molecule has 0 unspecified atom stereocenters. The smallest absolute Gasteiger partial charge is 0.226 e. The standard InChI is InChI=1S/C11H12N4OS/c12-10-14-15-11(17-10)13-9(16)7-6-8-4-2-1-3-5-8/h1-5H,6-7H2,(H2,12,14)(H,13,15,16). The van der Waals surface area contributed by atoms with Gasteiger partial charge in [-0.3, -0.25) is 4.79 Å². The first-order valence-corrected chi connectivity index (χ1v) is 5.98. The second-order valence-electron chi connectivity index (χ2n) is 3.48. The Morgan fingerprint density at radius 1 is 1.29 bits per heavy atom. The third-order valence-electron chi connectivity index (χ3n) is 2.17. The first-order valence-electron chi connectivity index (χ1n) is 5.17. The number of anilines is 2. The van der Waals surface area contributed by atoms with E-state index in [1.54, 1.807) is 0 Å². The third kappa shape index (κ3) is 3.53. The van der Waals surface area contributed by atoms with Gasteiger partial charge < -0.3 is 11.1 Å². The summed E-state index contributed by atoms with van der Waals surface area (Å²) in [6.45, 7) is 0. The summed E-state index contributed by atoms with van der Waals surface area (Å²) < 4.78 is 0. The molecule has 0 radical (unpaired) electrons. The number of hydrogen-bond acceptors (Lipinski definition) is 5. The van der Waals surface area contributed by atoms with Crippen molar-refractivity contribution in [2.24, 2.45) is 0 Å². The SMILES string of the molecule is Nc1nnc(NC(=O)CCc2ccccc2)s1. The summed E-state index contributed by atoms with van der Waals surface area (Å²) in [4.78, 5) is 11.6. The lowest BCUT2D eigenvalue weighted by molar-refractivity contribution is -0.116. The van der Waals surface area contributed by atoms with E-state index in [0.717, 1.165) is 16.9 Å². The molecule has 1 aromatic carbocycles. The predicted octanol–water partition coefficient (Wildman–Crippen LogP) is 1.69. The average molecular weight is 248 g/mol. The molecule has 0 bridgehead atoms. The lowest BCUT2D eigenvalue weighted by Gasteiger charge is -2.01. The normalized spacial score (nSPS) is 10.1. The maximum atomic E-state index is 11.6. The van der Waals surface area contributed by atoms with Gasteiger partial charge in [-0.2, -0.15) is 0 Å². The first kappa shape index (κ1) is 11.5. The van der Waals surface area contributed by atoms with Crippen molar-refractivity contribution in [1.29, 1.82) is 0 Å². The second kappa shape index (κ2) is 5.40. The Hall–Kier alpha value is -1.95. The molecule has 0 spiro atoms. The maximum Gasteiger partial charge on any atom is 0.226 e. The van der Waals surface area contributed by atoms with E-state index in [-0.39, 0.29) is 5.91 Å². The van der Waals surface area contributed by atoms with Crippen molar-refractivity contribution in [3.63, 3.8) is 0 Å². The minimum Gasteiger partial charge on any atom is -0.374 e. The van der Waals surface area contributed by atoms with Crippen molar-refractivity contribution in [2.45, 2.75) is 12.8 Å². The Morgan fingerprint density at radius 2 is 2.06 bits per heavy atom. The fourth-order valence-corrected chi connectivity index (χ4v) is 1.90. The van der Waals surface area contributed by atoms with Crippen molar-refractivity contribution in [1.82, 2.24) is 10.2 Å². The highest BCUT2D eigenvalue weighted by Gasteiger charge is 2.06. The molecule has 3 N–H and O–H groups in total. The van der Waals surface area contributed by atoms with Crippen LogP contribution in [0.25, 0.3) is 0 Å². The number of nitrogens with zero attached hydrogens (tertiary/aromatic N) is 2. The Labute approximate surface area is 103 Å². The van der Waals surface area contributed by atoms with Crippen LogP contribution < -0.4 is 11.1 Å². The summed E-state index contributed by atoms with van der Waals surface area (Å²) in [6.07, 6.45) is 1.13. The molecule has 5 nitrogen and oxygen atoms in total. The summed E-state index contributed by atoms with van der Waals surface area (Å²) in [7, 11) is 0.